The van der Waals surface area contributed by atoms with Gasteiger partial charge in [-0.3, -0.25) is 4.79 Å². The Morgan fingerprint density at radius 3 is 2.06 bits per heavy atom. The molecule has 1 aromatic heterocycles. The molecule has 0 amide bonds. The fraction of sp³-hybridized carbons (Fsp3) is 0.321. The Labute approximate surface area is 189 Å². The highest BCUT2D eigenvalue weighted by Gasteiger charge is 2.34. The van der Waals surface area contributed by atoms with E-state index in [0.717, 1.165) is 5.69 Å². The molecule has 2 unspecified atom stereocenters. The third kappa shape index (κ3) is 4.03. The molecule has 0 aliphatic carbocycles. The Morgan fingerprint density at radius 1 is 0.969 bits per heavy atom. The molecule has 4 heteroatoms. The molecule has 0 saturated heterocycles. The Kier molecular flexibility index (Phi) is 6.33. The third-order valence-corrected chi connectivity index (χ3v) is 6.65. The number of aromatic nitrogens is 1. The largest absolute Gasteiger partial charge is 0.463 e. The zero-order valence-electron chi connectivity index (χ0n) is 19.0. The molecule has 0 radical (unpaired) electrons. The van der Waals surface area contributed by atoms with Crippen LogP contribution in [0.5, 0.6) is 0 Å². The van der Waals surface area contributed by atoms with Crippen molar-refractivity contribution in [2.75, 3.05) is 13.2 Å². The van der Waals surface area contributed by atoms with E-state index in [2.05, 4.69) is 84.3 Å². The fourth-order valence-corrected chi connectivity index (χ4v) is 4.63. The molecule has 4 nitrogen and oxygen atoms in total. The van der Waals surface area contributed by atoms with Gasteiger partial charge in [0.05, 0.1) is 23.1 Å². The summed E-state index contributed by atoms with van der Waals surface area (Å²) in [7, 11) is 0. The van der Waals surface area contributed by atoms with Gasteiger partial charge in [-0.05, 0) is 55.5 Å². The van der Waals surface area contributed by atoms with Crippen molar-refractivity contribution in [1.82, 2.24) is 4.57 Å². The molecule has 0 saturated carbocycles. The molecule has 0 bridgehead atoms. The van der Waals surface area contributed by atoms with Gasteiger partial charge in [0.2, 0.25) is 0 Å². The number of para-hydroxylation sites is 2. The number of fused-ring (bicyclic) bond motifs is 3. The van der Waals surface area contributed by atoms with E-state index in [4.69, 9.17) is 9.84 Å². The summed E-state index contributed by atoms with van der Waals surface area (Å²) in [5.74, 6) is -0.0309. The molecule has 166 valence electrons. The lowest BCUT2D eigenvalue weighted by Gasteiger charge is -2.29. The van der Waals surface area contributed by atoms with E-state index >= 15 is 0 Å². The van der Waals surface area contributed by atoms with Gasteiger partial charge in [-0.15, -0.1) is 0 Å². The van der Waals surface area contributed by atoms with Gasteiger partial charge in [0.15, 0.2) is 0 Å². The van der Waals surface area contributed by atoms with Gasteiger partial charge >= 0.3 is 5.97 Å². The molecular weight excluding hydrogens is 398 g/mol. The number of ether oxygens (including phenoxy) is 1. The first-order valence-electron chi connectivity index (χ1n) is 11.3. The molecule has 4 rings (SSSR count). The second-order valence-corrected chi connectivity index (χ2v) is 8.84. The summed E-state index contributed by atoms with van der Waals surface area (Å²) in [4.78, 5) is 12.5. The average molecular weight is 430 g/mol. The molecule has 1 N–H and O–H groups in total. The van der Waals surface area contributed by atoms with Crippen LogP contribution in [0, 0.1) is 5.41 Å². The lowest BCUT2D eigenvalue weighted by atomic mass is 9.77. The summed E-state index contributed by atoms with van der Waals surface area (Å²) >= 11 is 0. The van der Waals surface area contributed by atoms with Gasteiger partial charge in [-0.1, -0.05) is 62.4 Å². The van der Waals surface area contributed by atoms with E-state index in [1.54, 1.807) is 0 Å². The quantitative estimate of drug-likeness (QED) is 0.338. The summed E-state index contributed by atoms with van der Waals surface area (Å²) < 4.78 is 7.55. The molecule has 0 fully saturated rings. The molecule has 0 aliphatic heterocycles. The summed E-state index contributed by atoms with van der Waals surface area (Å²) in [6.45, 7) is 6.03. The number of benzene rings is 3. The van der Waals surface area contributed by atoms with Crippen LogP contribution in [0.4, 0.5) is 0 Å². The summed E-state index contributed by atoms with van der Waals surface area (Å²) in [6, 6.07) is 25.7. The molecule has 0 aliphatic rings. The predicted octanol–water partition coefficient (Wildman–Crippen LogP) is 6.23. The number of aliphatic hydroxyl groups is 1. The maximum atomic E-state index is 12.5. The molecule has 2 atom stereocenters. The molecule has 32 heavy (non-hydrogen) atoms. The first-order valence-corrected chi connectivity index (χ1v) is 11.3. The smallest absolute Gasteiger partial charge is 0.311 e. The van der Waals surface area contributed by atoms with Crippen LogP contribution in [-0.2, 0) is 9.53 Å². The van der Waals surface area contributed by atoms with Crippen LogP contribution in [0.3, 0.4) is 0 Å². The second kappa shape index (κ2) is 9.17. The van der Waals surface area contributed by atoms with Gasteiger partial charge in [-0.2, -0.15) is 0 Å². The number of esters is 1. The fourth-order valence-electron chi connectivity index (χ4n) is 4.63. The Balaban J connectivity index is 1.63. The van der Waals surface area contributed by atoms with E-state index in [9.17, 15) is 4.79 Å². The van der Waals surface area contributed by atoms with Crippen LogP contribution in [0.25, 0.3) is 27.5 Å². The number of rotatable bonds is 8. The van der Waals surface area contributed by atoms with Crippen LogP contribution >= 0.6 is 0 Å². The highest BCUT2D eigenvalue weighted by atomic mass is 16.5. The third-order valence-electron chi connectivity index (χ3n) is 6.65. The predicted molar refractivity (Wildman–Crippen MR) is 130 cm³/mol. The first-order chi connectivity index (χ1) is 15.5. The monoisotopic (exact) mass is 429 g/mol. The van der Waals surface area contributed by atoms with E-state index in [1.165, 1.54) is 27.4 Å². The van der Waals surface area contributed by atoms with Gasteiger partial charge in [0.25, 0.3) is 0 Å². The highest BCUT2D eigenvalue weighted by molar-refractivity contribution is 6.09. The van der Waals surface area contributed by atoms with Gasteiger partial charge in [-0.25, -0.2) is 0 Å². The second-order valence-electron chi connectivity index (χ2n) is 8.84. The minimum Gasteiger partial charge on any atom is -0.463 e. The summed E-state index contributed by atoms with van der Waals surface area (Å²) in [5, 5.41) is 11.5. The van der Waals surface area contributed by atoms with Crippen molar-refractivity contribution < 1.29 is 14.6 Å². The molecule has 3 aromatic carbocycles. The van der Waals surface area contributed by atoms with E-state index in [-0.39, 0.29) is 25.1 Å². The number of hydrogen-bond donors (Lipinski definition) is 1. The number of aliphatic hydroxyl groups excluding tert-OH is 1. The van der Waals surface area contributed by atoms with Crippen molar-refractivity contribution in [2.45, 2.75) is 39.5 Å². The van der Waals surface area contributed by atoms with Crippen molar-refractivity contribution >= 4 is 27.8 Å². The summed E-state index contributed by atoms with van der Waals surface area (Å²) in [6.07, 6.45) is 1.39. The number of nitrogens with zero attached hydrogens (tertiary/aromatic N) is 1. The van der Waals surface area contributed by atoms with Crippen LogP contribution < -0.4 is 0 Å². The van der Waals surface area contributed by atoms with Crippen LogP contribution in [0.2, 0.25) is 0 Å². The lowest BCUT2D eigenvalue weighted by Crippen LogP contribution is -2.31. The highest BCUT2D eigenvalue weighted by Crippen LogP contribution is 2.37. The number of carbonyl (C=O) groups is 1. The minimum absolute atomic E-state index is 0.0519. The van der Waals surface area contributed by atoms with E-state index < -0.39 is 5.41 Å². The molecule has 1 heterocycles. The first kappa shape index (κ1) is 22.1. The van der Waals surface area contributed by atoms with Crippen molar-refractivity contribution in [3.05, 3.63) is 78.4 Å². The van der Waals surface area contributed by atoms with Gasteiger partial charge in [0, 0.05) is 16.5 Å². The maximum absolute atomic E-state index is 12.5. The van der Waals surface area contributed by atoms with Crippen molar-refractivity contribution in [1.29, 1.82) is 0 Å². The Bertz CT molecular complexity index is 1170. The van der Waals surface area contributed by atoms with Crippen LogP contribution in [0.15, 0.2) is 72.8 Å². The zero-order valence-corrected chi connectivity index (χ0v) is 19.0. The van der Waals surface area contributed by atoms with Crippen molar-refractivity contribution in [3.8, 4) is 5.69 Å². The number of carbonyl (C=O) groups excluding carboxylic acids is 1. The molecule has 0 spiro atoms. The molecular formula is C28H31NO3. The SMILES string of the molecule is CCC(C)(CC(C)c1ccc(-n2c3ccccc3c3ccccc32)cc1)C(=O)OCCO. The van der Waals surface area contributed by atoms with E-state index in [0.29, 0.717) is 12.8 Å². The van der Waals surface area contributed by atoms with Crippen LogP contribution in [0.1, 0.15) is 45.1 Å². The maximum Gasteiger partial charge on any atom is 0.311 e. The van der Waals surface area contributed by atoms with Crippen molar-refractivity contribution in [2.24, 2.45) is 5.41 Å². The zero-order chi connectivity index (χ0) is 22.7. The standard InChI is InChI=1S/C28H31NO3/c1-4-28(3,27(31)32-18-17-30)19-20(2)21-13-15-22(16-14-21)29-25-11-7-5-9-23(25)24-10-6-8-12-26(24)29/h5-16,20,30H,4,17-19H2,1-3H3. The Hall–Kier alpha value is -3.11. The van der Waals surface area contributed by atoms with E-state index in [1.807, 2.05) is 13.8 Å². The molecule has 4 aromatic rings. The summed E-state index contributed by atoms with van der Waals surface area (Å²) in [5.41, 5.74) is 4.14. The minimum atomic E-state index is -0.569. The average Bonchev–Trinajstić information content (AvgIpc) is 3.17. The topological polar surface area (TPSA) is 51.5 Å². The van der Waals surface area contributed by atoms with Gasteiger partial charge < -0.3 is 14.4 Å². The van der Waals surface area contributed by atoms with Crippen LogP contribution in [-0.4, -0.2) is 28.9 Å². The van der Waals surface area contributed by atoms with Crippen molar-refractivity contribution in [3.63, 3.8) is 0 Å². The normalized spacial score (nSPS) is 14.4. The van der Waals surface area contributed by atoms with Gasteiger partial charge in [0.1, 0.15) is 6.61 Å². The lowest BCUT2D eigenvalue weighted by molar-refractivity contribution is -0.156. The Morgan fingerprint density at radius 2 is 1.53 bits per heavy atom. The number of hydrogen-bond acceptors (Lipinski definition) is 3.